The summed E-state index contributed by atoms with van der Waals surface area (Å²) in [6, 6.07) is 12.2. The summed E-state index contributed by atoms with van der Waals surface area (Å²) in [4.78, 5) is 20.1. The first kappa shape index (κ1) is 18.5. The van der Waals surface area contributed by atoms with Gasteiger partial charge in [-0.3, -0.25) is 14.7 Å². The molecule has 1 heterocycles. The van der Waals surface area contributed by atoms with Crippen LogP contribution in [-0.2, 0) is 4.79 Å². The Bertz CT molecular complexity index is 900. The van der Waals surface area contributed by atoms with Gasteiger partial charge in [0.1, 0.15) is 5.75 Å². The Kier molecular flexibility index (Phi) is 5.37. The van der Waals surface area contributed by atoms with Crippen LogP contribution in [0, 0.1) is 0 Å². The van der Waals surface area contributed by atoms with E-state index in [1.54, 1.807) is 12.0 Å². The fourth-order valence-corrected chi connectivity index (χ4v) is 4.22. The molecule has 0 N–H and O–H groups in total. The first-order valence-electron chi connectivity index (χ1n) is 8.79. The van der Waals surface area contributed by atoms with E-state index in [1.807, 2.05) is 64.1 Å². The number of nitrogens with zero attached hydrogens (tertiary/aromatic N) is 2. The van der Waals surface area contributed by atoms with Crippen LogP contribution in [-0.4, -0.2) is 35.2 Å². The van der Waals surface area contributed by atoms with Crippen LogP contribution in [0.4, 0.5) is 0 Å². The summed E-state index contributed by atoms with van der Waals surface area (Å²) >= 11 is 1.45. The lowest BCUT2D eigenvalue weighted by Crippen LogP contribution is -2.35. The molecule has 5 heteroatoms. The fourth-order valence-electron chi connectivity index (χ4n) is 2.99. The molecule has 0 bridgehead atoms. The van der Waals surface area contributed by atoms with E-state index in [2.05, 4.69) is 11.1 Å². The van der Waals surface area contributed by atoms with Crippen molar-refractivity contribution in [2.24, 2.45) is 4.99 Å². The van der Waals surface area contributed by atoms with Crippen LogP contribution in [0.5, 0.6) is 5.75 Å². The molecule has 1 saturated heterocycles. The second-order valence-corrected chi connectivity index (χ2v) is 7.80. The molecule has 0 aromatic heterocycles. The van der Waals surface area contributed by atoms with Gasteiger partial charge in [-0.15, -0.1) is 0 Å². The quantitative estimate of drug-likeness (QED) is 0.718. The molecule has 26 heavy (non-hydrogen) atoms. The first-order valence-corrected chi connectivity index (χ1v) is 9.60. The zero-order valence-electron chi connectivity index (χ0n) is 15.8. The van der Waals surface area contributed by atoms with Crippen molar-refractivity contribution >= 4 is 39.7 Å². The molecule has 0 unspecified atom stereocenters. The Labute approximate surface area is 158 Å². The summed E-state index contributed by atoms with van der Waals surface area (Å²) in [5.74, 6) is 0.850. The number of amidine groups is 1. The van der Waals surface area contributed by atoms with Crippen LogP contribution >= 0.6 is 11.8 Å². The van der Waals surface area contributed by atoms with Crippen LogP contribution in [0.25, 0.3) is 16.8 Å². The van der Waals surface area contributed by atoms with Gasteiger partial charge < -0.3 is 4.74 Å². The second kappa shape index (κ2) is 7.54. The van der Waals surface area contributed by atoms with Gasteiger partial charge in [-0.05, 0) is 62.5 Å². The Morgan fingerprint density at radius 2 is 1.77 bits per heavy atom. The smallest absolute Gasteiger partial charge is 0.266 e. The number of carbonyl (C=O) groups excluding carboxylic acids is 1. The molecule has 1 fully saturated rings. The maximum absolute atomic E-state index is 12.9. The molecule has 1 amide bonds. The highest BCUT2D eigenvalue weighted by Crippen LogP contribution is 2.36. The first-order chi connectivity index (χ1) is 12.4. The highest BCUT2D eigenvalue weighted by molar-refractivity contribution is 8.18. The zero-order chi connectivity index (χ0) is 18.8. The molecule has 1 aliphatic rings. The molecule has 0 saturated carbocycles. The molecule has 0 radical (unpaired) electrons. The maximum atomic E-state index is 12.9. The predicted molar refractivity (Wildman–Crippen MR) is 111 cm³/mol. The lowest BCUT2D eigenvalue weighted by molar-refractivity contribution is -0.123. The Morgan fingerprint density at radius 1 is 1.08 bits per heavy atom. The molecule has 2 aromatic rings. The van der Waals surface area contributed by atoms with Gasteiger partial charge in [0.25, 0.3) is 5.91 Å². The minimum Gasteiger partial charge on any atom is -0.496 e. The number of fused-ring (bicyclic) bond motifs is 1. The van der Waals surface area contributed by atoms with Crippen molar-refractivity contribution in [1.82, 2.24) is 4.90 Å². The largest absolute Gasteiger partial charge is 0.496 e. The summed E-state index contributed by atoms with van der Waals surface area (Å²) in [6.45, 7) is 8.07. The summed E-state index contributed by atoms with van der Waals surface area (Å²) in [7, 11) is 1.67. The lowest BCUT2D eigenvalue weighted by atomic mass is 10.0. The van der Waals surface area contributed by atoms with E-state index >= 15 is 0 Å². The standard InChI is InChI=1S/C21H24N2O2S/c1-13(2)22-21-23(14(3)4)20(24)19(26-21)12-15-10-11-18(25-5)17-9-7-6-8-16(15)17/h6-14H,1-5H3/b19-12+,22-21?. The number of amides is 1. The van der Waals surface area contributed by atoms with Gasteiger partial charge in [0.2, 0.25) is 0 Å². The Morgan fingerprint density at radius 3 is 2.38 bits per heavy atom. The number of rotatable bonds is 4. The van der Waals surface area contributed by atoms with Crippen molar-refractivity contribution in [3.63, 3.8) is 0 Å². The molecule has 0 atom stereocenters. The molecule has 136 valence electrons. The fraction of sp³-hybridized carbons (Fsp3) is 0.333. The number of ether oxygens (including phenoxy) is 1. The van der Waals surface area contributed by atoms with E-state index in [4.69, 9.17) is 4.74 Å². The number of benzene rings is 2. The van der Waals surface area contributed by atoms with Crippen LogP contribution in [0.1, 0.15) is 33.3 Å². The van der Waals surface area contributed by atoms with Crippen molar-refractivity contribution in [3.05, 3.63) is 46.9 Å². The molecule has 0 aliphatic carbocycles. The maximum Gasteiger partial charge on any atom is 0.266 e. The van der Waals surface area contributed by atoms with Crippen molar-refractivity contribution in [2.45, 2.75) is 39.8 Å². The van der Waals surface area contributed by atoms with Crippen LogP contribution in [0.2, 0.25) is 0 Å². The third-order valence-corrected chi connectivity index (χ3v) is 5.14. The number of thioether (sulfide) groups is 1. The summed E-state index contributed by atoms with van der Waals surface area (Å²) in [5, 5.41) is 2.89. The van der Waals surface area contributed by atoms with Crippen LogP contribution < -0.4 is 4.74 Å². The highest BCUT2D eigenvalue weighted by Gasteiger charge is 2.35. The van der Waals surface area contributed by atoms with Gasteiger partial charge in [-0.2, -0.15) is 0 Å². The number of hydrogen-bond donors (Lipinski definition) is 0. The zero-order valence-corrected chi connectivity index (χ0v) is 16.6. The van der Waals surface area contributed by atoms with Crippen molar-refractivity contribution < 1.29 is 9.53 Å². The average molecular weight is 369 g/mol. The third-order valence-electron chi connectivity index (χ3n) is 4.15. The normalized spacial score (nSPS) is 18.1. The molecular formula is C21H24N2O2S. The number of methoxy groups -OCH3 is 1. The molecule has 1 aliphatic heterocycles. The van der Waals surface area contributed by atoms with Gasteiger partial charge in [0.05, 0.1) is 12.0 Å². The van der Waals surface area contributed by atoms with E-state index in [0.717, 1.165) is 27.3 Å². The number of hydrogen-bond acceptors (Lipinski definition) is 4. The number of carbonyl (C=O) groups is 1. The van der Waals surface area contributed by atoms with Crippen molar-refractivity contribution in [2.75, 3.05) is 7.11 Å². The summed E-state index contributed by atoms with van der Waals surface area (Å²) in [5.41, 5.74) is 1.01. The van der Waals surface area contributed by atoms with E-state index in [-0.39, 0.29) is 18.0 Å². The summed E-state index contributed by atoms with van der Waals surface area (Å²) in [6.07, 6.45) is 1.97. The van der Waals surface area contributed by atoms with E-state index in [1.165, 1.54) is 11.8 Å². The third kappa shape index (κ3) is 3.49. The Hall–Kier alpha value is -2.27. The molecule has 3 rings (SSSR count). The van der Waals surface area contributed by atoms with Gasteiger partial charge in [-0.25, -0.2) is 0 Å². The highest BCUT2D eigenvalue weighted by atomic mass is 32.2. The second-order valence-electron chi connectivity index (χ2n) is 6.79. The molecular weight excluding hydrogens is 344 g/mol. The van der Waals surface area contributed by atoms with Crippen molar-refractivity contribution in [3.8, 4) is 5.75 Å². The van der Waals surface area contributed by atoms with Crippen LogP contribution in [0.3, 0.4) is 0 Å². The topological polar surface area (TPSA) is 41.9 Å². The minimum atomic E-state index is 0.0179. The van der Waals surface area contributed by atoms with Gasteiger partial charge in [0, 0.05) is 17.5 Å². The SMILES string of the molecule is COc1ccc(/C=C2/SC(=NC(C)C)N(C(C)C)C2=O)c2ccccc12. The molecule has 2 aromatic carbocycles. The Balaban J connectivity index is 2.08. The van der Waals surface area contributed by atoms with Gasteiger partial charge in [0.15, 0.2) is 5.17 Å². The predicted octanol–water partition coefficient (Wildman–Crippen LogP) is 4.94. The van der Waals surface area contributed by atoms with Gasteiger partial charge >= 0.3 is 0 Å². The minimum absolute atomic E-state index is 0.0179. The molecule has 0 spiro atoms. The van der Waals surface area contributed by atoms with E-state index in [9.17, 15) is 4.79 Å². The average Bonchev–Trinajstić information content (AvgIpc) is 2.90. The van der Waals surface area contributed by atoms with E-state index in [0.29, 0.717) is 4.91 Å². The van der Waals surface area contributed by atoms with Gasteiger partial charge in [-0.1, -0.05) is 30.3 Å². The van der Waals surface area contributed by atoms with Crippen molar-refractivity contribution in [1.29, 1.82) is 0 Å². The summed E-state index contributed by atoms with van der Waals surface area (Å²) < 4.78 is 5.46. The number of aliphatic imine (C=N–C) groups is 1. The molecule has 4 nitrogen and oxygen atoms in total. The van der Waals surface area contributed by atoms with E-state index < -0.39 is 0 Å². The van der Waals surface area contributed by atoms with Crippen LogP contribution in [0.15, 0.2) is 46.3 Å². The monoisotopic (exact) mass is 368 g/mol. The lowest BCUT2D eigenvalue weighted by Gasteiger charge is -2.20.